The summed E-state index contributed by atoms with van der Waals surface area (Å²) in [5.41, 5.74) is 2.23. The van der Waals surface area contributed by atoms with Crippen LogP contribution >= 0.6 is 0 Å². The Balaban J connectivity index is 1.52. The molecule has 32 heavy (non-hydrogen) atoms. The highest BCUT2D eigenvalue weighted by molar-refractivity contribution is 6.10. The van der Waals surface area contributed by atoms with Crippen molar-refractivity contribution in [3.05, 3.63) is 101 Å². The van der Waals surface area contributed by atoms with Gasteiger partial charge in [0.1, 0.15) is 0 Å². The number of nitrogens with zero attached hydrogens (tertiary/aromatic N) is 1. The maximum atomic E-state index is 13.4. The predicted molar refractivity (Wildman–Crippen MR) is 127 cm³/mol. The lowest BCUT2D eigenvalue weighted by Gasteiger charge is -2.23. The second-order valence-electron chi connectivity index (χ2n) is 8.80. The number of anilines is 1. The maximum Gasteiger partial charge on any atom is 0.264 e. The third-order valence-corrected chi connectivity index (χ3v) is 6.25. The van der Waals surface area contributed by atoms with Gasteiger partial charge in [0.05, 0.1) is 12.1 Å². The molecule has 1 atom stereocenters. The fourth-order valence-electron chi connectivity index (χ4n) is 4.37. The summed E-state index contributed by atoms with van der Waals surface area (Å²) in [4.78, 5) is 28.0. The SMILES string of the molecule is CC(C)c1ccc(C(=O)CC2(O)C(=O)N(CCCc3ccccc3)c3ccccc32)cc1. The van der Waals surface area contributed by atoms with Crippen LogP contribution in [0.3, 0.4) is 0 Å². The van der Waals surface area contributed by atoms with Crippen LogP contribution in [-0.4, -0.2) is 23.3 Å². The van der Waals surface area contributed by atoms with Gasteiger partial charge in [0.25, 0.3) is 5.91 Å². The summed E-state index contributed by atoms with van der Waals surface area (Å²) in [6.45, 7) is 4.68. The summed E-state index contributed by atoms with van der Waals surface area (Å²) in [5.74, 6) is -0.285. The Morgan fingerprint density at radius 3 is 2.28 bits per heavy atom. The van der Waals surface area contributed by atoms with Gasteiger partial charge in [0.2, 0.25) is 0 Å². The zero-order valence-electron chi connectivity index (χ0n) is 18.6. The highest BCUT2D eigenvalue weighted by Gasteiger charge is 2.50. The minimum absolute atomic E-state index is 0.239. The van der Waals surface area contributed by atoms with Crippen LogP contribution in [0, 0.1) is 0 Å². The van der Waals surface area contributed by atoms with Crippen LogP contribution in [0.4, 0.5) is 5.69 Å². The van der Waals surface area contributed by atoms with Crippen molar-refractivity contribution >= 4 is 17.4 Å². The quantitative estimate of drug-likeness (QED) is 0.500. The number of rotatable bonds is 8. The van der Waals surface area contributed by atoms with E-state index in [9.17, 15) is 14.7 Å². The molecule has 0 spiro atoms. The van der Waals surface area contributed by atoms with Crippen LogP contribution in [0.15, 0.2) is 78.9 Å². The molecule has 1 aliphatic rings. The summed E-state index contributed by atoms with van der Waals surface area (Å²) >= 11 is 0. The van der Waals surface area contributed by atoms with Crippen molar-refractivity contribution < 1.29 is 14.7 Å². The number of aliphatic hydroxyl groups is 1. The van der Waals surface area contributed by atoms with E-state index in [4.69, 9.17) is 0 Å². The first-order valence-electron chi connectivity index (χ1n) is 11.2. The lowest BCUT2D eigenvalue weighted by molar-refractivity contribution is -0.135. The van der Waals surface area contributed by atoms with Gasteiger partial charge in [-0.3, -0.25) is 9.59 Å². The van der Waals surface area contributed by atoms with Crippen molar-refractivity contribution in [1.29, 1.82) is 0 Å². The van der Waals surface area contributed by atoms with E-state index in [1.54, 1.807) is 29.2 Å². The largest absolute Gasteiger partial charge is 0.375 e. The molecule has 1 amide bonds. The van der Waals surface area contributed by atoms with Crippen LogP contribution < -0.4 is 4.90 Å². The van der Waals surface area contributed by atoms with Gasteiger partial charge in [-0.1, -0.05) is 86.6 Å². The first-order valence-corrected chi connectivity index (χ1v) is 11.2. The first-order chi connectivity index (χ1) is 15.4. The van der Waals surface area contributed by atoms with Gasteiger partial charge in [-0.2, -0.15) is 0 Å². The second-order valence-corrected chi connectivity index (χ2v) is 8.80. The number of aryl methyl sites for hydroxylation is 1. The molecule has 1 heterocycles. The van der Waals surface area contributed by atoms with E-state index >= 15 is 0 Å². The molecule has 1 unspecified atom stereocenters. The Morgan fingerprint density at radius 1 is 0.938 bits per heavy atom. The van der Waals surface area contributed by atoms with Gasteiger partial charge in [-0.05, 0) is 36.0 Å². The van der Waals surface area contributed by atoms with Crippen LogP contribution in [0.25, 0.3) is 0 Å². The van der Waals surface area contributed by atoms with E-state index in [1.165, 1.54) is 5.56 Å². The monoisotopic (exact) mass is 427 g/mol. The molecular weight excluding hydrogens is 398 g/mol. The molecule has 4 rings (SSSR count). The minimum atomic E-state index is -1.84. The van der Waals surface area contributed by atoms with E-state index in [2.05, 4.69) is 26.0 Å². The van der Waals surface area contributed by atoms with Crippen molar-refractivity contribution in [2.24, 2.45) is 0 Å². The number of ketones is 1. The number of fused-ring (bicyclic) bond motifs is 1. The number of Topliss-reactive ketones (excluding diaryl/α,β-unsaturated/α-hetero) is 1. The molecular formula is C28H29NO3. The Bertz CT molecular complexity index is 1110. The molecule has 0 fully saturated rings. The van der Waals surface area contributed by atoms with Gasteiger partial charge in [-0.15, -0.1) is 0 Å². The Hall–Kier alpha value is -3.24. The molecule has 0 saturated heterocycles. The molecule has 1 N–H and O–H groups in total. The smallest absolute Gasteiger partial charge is 0.264 e. The highest BCUT2D eigenvalue weighted by atomic mass is 16.3. The van der Waals surface area contributed by atoms with Crippen molar-refractivity contribution in [2.45, 2.75) is 44.6 Å². The number of hydrogen-bond donors (Lipinski definition) is 1. The fourth-order valence-corrected chi connectivity index (χ4v) is 4.37. The molecule has 3 aromatic rings. The van der Waals surface area contributed by atoms with Gasteiger partial charge >= 0.3 is 0 Å². The molecule has 0 bridgehead atoms. The van der Waals surface area contributed by atoms with Crippen LogP contribution in [0.1, 0.15) is 59.7 Å². The first kappa shape index (κ1) is 22.0. The summed E-state index contributed by atoms with van der Waals surface area (Å²) in [5, 5.41) is 11.5. The molecule has 0 aliphatic carbocycles. The minimum Gasteiger partial charge on any atom is -0.375 e. The van der Waals surface area contributed by atoms with E-state index in [0.717, 1.165) is 18.4 Å². The normalized spacial score (nSPS) is 17.6. The Morgan fingerprint density at radius 2 is 1.59 bits per heavy atom. The van der Waals surface area contributed by atoms with Crippen LogP contribution in [-0.2, 0) is 16.8 Å². The van der Waals surface area contributed by atoms with Crippen LogP contribution in [0.5, 0.6) is 0 Å². The van der Waals surface area contributed by atoms with E-state index in [1.807, 2.05) is 42.5 Å². The van der Waals surface area contributed by atoms with Crippen molar-refractivity contribution in [3.8, 4) is 0 Å². The number of hydrogen-bond acceptors (Lipinski definition) is 3. The molecule has 164 valence electrons. The number of carbonyl (C=O) groups is 2. The lowest BCUT2D eigenvalue weighted by Crippen LogP contribution is -2.42. The lowest BCUT2D eigenvalue weighted by atomic mass is 9.87. The van der Waals surface area contributed by atoms with Gasteiger partial charge in [0, 0.05) is 17.7 Å². The Labute approximate surface area is 189 Å². The number of benzene rings is 3. The molecule has 0 saturated carbocycles. The van der Waals surface area contributed by atoms with Crippen molar-refractivity contribution in [2.75, 3.05) is 11.4 Å². The standard InChI is InChI=1S/C28H29NO3/c1-20(2)22-14-16-23(17-15-22)26(30)19-28(32)24-12-6-7-13-25(24)29(27(28)31)18-8-11-21-9-4-3-5-10-21/h3-7,9-10,12-17,20,32H,8,11,18-19H2,1-2H3. The third kappa shape index (κ3) is 4.23. The number of amides is 1. The predicted octanol–water partition coefficient (Wildman–Crippen LogP) is 5.25. The zero-order chi connectivity index (χ0) is 22.7. The summed E-state index contributed by atoms with van der Waals surface area (Å²) in [6, 6.07) is 24.8. The highest BCUT2D eigenvalue weighted by Crippen LogP contribution is 2.43. The van der Waals surface area contributed by atoms with Gasteiger partial charge < -0.3 is 10.0 Å². The summed E-state index contributed by atoms with van der Waals surface area (Å²) in [6.07, 6.45) is 1.34. The molecule has 4 heteroatoms. The van der Waals surface area contributed by atoms with E-state index in [0.29, 0.717) is 29.3 Å². The van der Waals surface area contributed by atoms with Crippen molar-refractivity contribution in [1.82, 2.24) is 0 Å². The van der Waals surface area contributed by atoms with Gasteiger partial charge in [-0.25, -0.2) is 0 Å². The average Bonchev–Trinajstić information content (AvgIpc) is 3.01. The average molecular weight is 428 g/mol. The number of para-hydroxylation sites is 1. The third-order valence-electron chi connectivity index (χ3n) is 6.25. The Kier molecular flexibility index (Phi) is 6.24. The topological polar surface area (TPSA) is 57.6 Å². The summed E-state index contributed by atoms with van der Waals surface area (Å²) in [7, 11) is 0. The maximum absolute atomic E-state index is 13.4. The zero-order valence-corrected chi connectivity index (χ0v) is 18.6. The molecule has 0 radical (unpaired) electrons. The molecule has 1 aliphatic heterocycles. The molecule has 4 nitrogen and oxygen atoms in total. The fraction of sp³-hybridized carbons (Fsp3) is 0.286. The van der Waals surface area contributed by atoms with E-state index in [-0.39, 0.29) is 12.2 Å². The molecule has 3 aromatic carbocycles. The number of carbonyl (C=O) groups excluding carboxylic acids is 2. The van der Waals surface area contributed by atoms with Crippen molar-refractivity contribution in [3.63, 3.8) is 0 Å². The second kappa shape index (κ2) is 9.09. The van der Waals surface area contributed by atoms with Gasteiger partial charge in [0.15, 0.2) is 11.4 Å². The van der Waals surface area contributed by atoms with Crippen LogP contribution in [0.2, 0.25) is 0 Å². The van der Waals surface area contributed by atoms with E-state index < -0.39 is 11.5 Å². The summed E-state index contributed by atoms with van der Waals surface area (Å²) < 4.78 is 0. The molecule has 0 aromatic heterocycles.